The first kappa shape index (κ1) is 15.5. The Labute approximate surface area is 139 Å². The molecule has 0 saturated carbocycles. The maximum absolute atomic E-state index is 12.0. The van der Waals surface area contributed by atoms with Gasteiger partial charge >= 0.3 is 6.03 Å². The van der Waals surface area contributed by atoms with Crippen LogP contribution in [0, 0.1) is 0 Å². The number of carbonyl (C=O) groups is 1. The summed E-state index contributed by atoms with van der Waals surface area (Å²) in [5.41, 5.74) is 1.55. The predicted molar refractivity (Wildman–Crippen MR) is 91.1 cm³/mol. The van der Waals surface area contributed by atoms with Crippen LogP contribution >= 0.6 is 0 Å². The van der Waals surface area contributed by atoms with Crippen LogP contribution in [-0.4, -0.2) is 22.9 Å². The largest absolute Gasteiger partial charge is 0.497 e. The van der Waals surface area contributed by atoms with Gasteiger partial charge in [-0.2, -0.15) is 10.1 Å². The highest BCUT2D eigenvalue weighted by Crippen LogP contribution is 2.16. The minimum absolute atomic E-state index is 0.470. The number of amides is 2. The number of carbonyl (C=O) groups excluding carboxylic acids is 1. The van der Waals surface area contributed by atoms with E-state index in [1.807, 2.05) is 30.3 Å². The number of rotatable bonds is 3. The van der Waals surface area contributed by atoms with Crippen LogP contribution in [0.4, 0.5) is 10.5 Å². The summed E-state index contributed by atoms with van der Waals surface area (Å²) < 4.78 is 6.82. The van der Waals surface area contributed by atoms with Gasteiger partial charge in [-0.15, -0.1) is 0 Å². The first-order valence-electron chi connectivity index (χ1n) is 7.35. The molecule has 6 nitrogen and oxygen atoms in total. The number of hydrogen-bond acceptors (Lipinski definition) is 3. The van der Waals surface area contributed by atoms with Gasteiger partial charge in [-0.1, -0.05) is 24.3 Å². The molecular formula is C18H16N4O2. The standard InChI is InChI=1S/C18H16N4O2/c1-24-17-9-5-6-14(12-17)20-18(23)21-15-10-11-22(19-13-15)16-7-3-2-4-8-16/h2-13H,1H3,(H,20,23). The molecule has 1 heterocycles. The smallest absolute Gasteiger partial charge is 0.345 e. The minimum Gasteiger partial charge on any atom is -0.497 e. The van der Waals surface area contributed by atoms with Crippen molar-refractivity contribution in [3.63, 3.8) is 0 Å². The van der Waals surface area contributed by atoms with E-state index in [1.165, 1.54) is 6.20 Å². The Morgan fingerprint density at radius 2 is 1.96 bits per heavy atom. The SMILES string of the molecule is COc1cccc(NC(=O)N=c2ccn(-c3ccccc3)nc2)c1. The lowest BCUT2D eigenvalue weighted by molar-refractivity contribution is 0.259. The molecule has 0 radical (unpaired) electrons. The Bertz CT molecular complexity index is 884. The molecule has 24 heavy (non-hydrogen) atoms. The molecule has 0 fully saturated rings. The maximum Gasteiger partial charge on any atom is 0.345 e. The van der Waals surface area contributed by atoms with Crippen molar-refractivity contribution < 1.29 is 9.53 Å². The molecule has 1 N–H and O–H groups in total. The molecule has 0 atom stereocenters. The zero-order valence-corrected chi connectivity index (χ0v) is 13.1. The highest BCUT2D eigenvalue weighted by Gasteiger charge is 2.01. The molecule has 2 aromatic carbocycles. The highest BCUT2D eigenvalue weighted by atomic mass is 16.5. The van der Waals surface area contributed by atoms with Gasteiger partial charge in [0, 0.05) is 18.0 Å². The average molecular weight is 320 g/mol. The normalized spacial score (nSPS) is 11.1. The second-order valence-electron chi connectivity index (χ2n) is 4.94. The second kappa shape index (κ2) is 7.23. The van der Waals surface area contributed by atoms with Crippen LogP contribution in [-0.2, 0) is 0 Å². The third kappa shape index (κ3) is 3.86. The fourth-order valence-electron chi connectivity index (χ4n) is 2.12. The molecule has 0 aliphatic carbocycles. The fraction of sp³-hybridized carbons (Fsp3) is 0.0556. The van der Waals surface area contributed by atoms with Crippen molar-refractivity contribution in [2.45, 2.75) is 0 Å². The number of nitrogens with one attached hydrogen (secondary N) is 1. The Kier molecular flexibility index (Phi) is 4.67. The zero-order chi connectivity index (χ0) is 16.8. The summed E-state index contributed by atoms with van der Waals surface area (Å²) >= 11 is 0. The number of methoxy groups -OCH3 is 1. The molecule has 0 unspecified atom stereocenters. The van der Waals surface area contributed by atoms with E-state index in [0.717, 1.165) is 5.69 Å². The van der Waals surface area contributed by atoms with E-state index in [0.29, 0.717) is 16.8 Å². The first-order valence-corrected chi connectivity index (χ1v) is 7.35. The van der Waals surface area contributed by atoms with Crippen LogP contribution in [0.5, 0.6) is 5.75 Å². The Morgan fingerprint density at radius 1 is 1.12 bits per heavy atom. The number of nitrogens with zero attached hydrogens (tertiary/aromatic N) is 3. The molecule has 0 saturated heterocycles. The third-order valence-corrected chi connectivity index (χ3v) is 3.27. The molecule has 1 aromatic heterocycles. The Hall–Kier alpha value is -3.41. The number of ether oxygens (including phenoxy) is 1. The minimum atomic E-state index is -0.470. The van der Waals surface area contributed by atoms with Crippen LogP contribution < -0.4 is 15.4 Å². The van der Waals surface area contributed by atoms with E-state index in [2.05, 4.69) is 15.4 Å². The highest BCUT2D eigenvalue weighted by molar-refractivity contribution is 5.90. The van der Waals surface area contributed by atoms with Crippen molar-refractivity contribution in [3.8, 4) is 11.4 Å². The molecule has 0 bridgehead atoms. The average Bonchev–Trinajstić information content (AvgIpc) is 2.63. The number of aromatic nitrogens is 2. The lowest BCUT2D eigenvalue weighted by Crippen LogP contribution is -2.14. The Morgan fingerprint density at radius 3 is 2.67 bits per heavy atom. The van der Waals surface area contributed by atoms with Gasteiger partial charge in [-0.3, -0.25) is 0 Å². The van der Waals surface area contributed by atoms with Gasteiger partial charge in [0.05, 0.1) is 24.4 Å². The first-order chi connectivity index (χ1) is 11.7. The van der Waals surface area contributed by atoms with E-state index in [9.17, 15) is 4.79 Å². The van der Waals surface area contributed by atoms with Gasteiger partial charge in [-0.05, 0) is 30.3 Å². The fourth-order valence-corrected chi connectivity index (χ4v) is 2.12. The van der Waals surface area contributed by atoms with Crippen molar-refractivity contribution in [1.82, 2.24) is 9.78 Å². The molecule has 3 rings (SSSR count). The van der Waals surface area contributed by atoms with Crippen molar-refractivity contribution in [2.24, 2.45) is 4.99 Å². The summed E-state index contributed by atoms with van der Waals surface area (Å²) in [7, 11) is 1.57. The quantitative estimate of drug-likeness (QED) is 0.806. The van der Waals surface area contributed by atoms with Gasteiger partial charge in [0.1, 0.15) is 5.75 Å². The van der Waals surface area contributed by atoms with Crippen molar-refractivity contribution in [1.29, 1.82) is 0 Å². The summed E-state index contributed by atoms with van der Waals surface area (Å²) in [6.45, 7) is 0. The summed E-state index contributed by atoms with van der Waals surface area (Å²) in [6, 6.07) is 18.0. The number of para-hydroxylation sites is 1. The zero-order valence-electron chi connectivity index (χ0n) is 13.1. The monoisotopic (exact) mass is 320 g/mol. The van der Waals surface area contributed by atoms with E-state index < -0.39 is 6.03 Å². The van der Waals surface area contributed by atoms with Gasteiger partial charge in [0.2, 0.25) is 0 Å². The molecule has 0 aliphatic heterocycles. The second-order valence-corrected chi connectivity index (χ2v) is 4.94. The van der Waals surface area contributed by atoms with Crippen LogP contribution in [0.3, 0.4) is 0 Å². The number of benzene rings is 2. The van der Waals surface area contributed by atoms with Gasteiger partial charge in [0.25, 0.3) is 0 Å². The molecule has 2 amide bonds. The molecule has 6 heteroatoms. The lowest BCUT2D eigenvalue weighted by Gasteiger charge is -2.05. The van der Waals surface area contributed by atoms with Crippen molar-refractivity contribution >= 4 is 11.7 Å². The molecule has 120 valence electrons. The van der Waals surface area contributed by atoms with Crippen LogP contribution in [0.2, 0.25) is 0 Å². The molecular weight excluding hydrogens is 304 g/mol. The maximum atomic E-state index is 12.0. The molecule has 3 aromatic rings. The summed E-state index contributed by atoms with van der Waals surface area (Å²) in [5.74, 6) is 0.665. The lowest BCUT2D eigenvalue weighted by atomic mass is 10.3. The van der Waals surface area contributed by atoms with Crippen molar-refractivity contribution in [2.75, 3.05) is 12.4 Å². The van der Waals surface area contributed by atoms with Gasteiger partial charge in [0.15, 0.2) is 0 Å². The van der Waals surface area contributed by atoms with E-state index in [1.54, 1.807) is 48.3 Å². The number of hydrogen-bond donors (Lipinski definition) is 1. The summed E-state index contributed by atoms with van der Waals surface area (Å²) in [5, 5.41) is 7.43. The Balaban J connectivity index is 1.74. The number of urea groups is 1. The third-order valence-electron chi connectivity index (χ3n) is 3.27. The van der Waals surface area contributed by atoms with Gasteiger partial charge in [-0.25, -0.2) is 9.48 Å². The van der Waals surface area contributed by atoms with E-state index >= 15 is 0 Å². The van der Waals surface area contributed by atoms with Crippen molar-refractivity contribution in [3.05, 3.63) is 78.4 Å². The van der Waals surface area contributed by atoms with E-state index in [-0.39, 0.29) is 0 Å². The van der Waals surface area contributed by atoms with Crippen LogP contribution in [0.1, 0.15) is 0 Å². The van der Waals surface area contributed by atoms with Crippen LogP contribution in [0.15, 0.2) is 78.0 Å². The number of anilines is 1. The summed E-state index contributed by atoms with van der Waals surface area (Å²) in [4.78, 5) is 16.0. The summed E-state index contributed by atoms with van der Waals surface area (Å²) in [6.07, 6.45) is 3.30. The van der Waals surface area contributed by atoms with Gasteiger partial charge < -0.3 is 10.1 Å². The molecule has 0 spiro atoms. The van der Waals surface area contributed by atoms with Crippen LogP contribution in [0.25, 0.3) is 5.69 Å². The predicted octanol–water partition coefficient (Wildman–Crippen LogP) is 3.01. The van der Waals surface area contributed by atoms with E-state index in [4.69, 9.17) is 4.74 Å². The topological polar surface area (TPSA) is 68.5 Å². The molecule has 0 aliphatic rings.